The van der Waals surface area contributed by atoms with E-state index in [0.717, 1.165) is 42.2 Å². The first kappa shape index (κ1) is 16.5. The molecule has 2 N–H and O–H groups in total. The van der Waals surface area contributed by atoms with Crippen LogP contribution in [0, 0.1) is 0 Å². The third-order valence-corrected chi connectivity index (χ3v) is 6.99. The van der Waals surface area contributed by atoms with E-state index in [1.54, 1.807) is 0 Å². The smallest absolute Gasteiger partial charge is 0.128 e. The Morgan fingerprint density at radius 3 is 2.42 bits per heavy atom. The average Bonchev–Trinajstić information content (AvgIpc) is 3.44. The first-order valence-corrected chi connectivity index (χ1v) is 10.8. The molecule has 1 saturated carbocycles. The fourth-order valence-corrected chi connectivity index (χ4v) is 5.44. The normalized spacial score (nSPS) is 23.8. The lowest BCUT2D eigenvalue weighted by Crippen LogP contribution is -2.55. The van der Waals surface area contributed by atoms with Crippen molar-refractivity contribution in [2.45, 2.75) is 36.8 Å². The first-order valence-electron chi connectivity index (χ1n) is 9.28. The second-order valence-electron chi connectivity index (χ2n) is 7.49. The number of anilines is 2. The molecule has 0 aromatic heterocycles. The van der Waals surface area contributed by atoms with Crippen molar-refractivity contribution in [1.82, 2.24) is 0 Å². The molecule has 0 amide bonds. The van der Waals surface area contributed by atoms with Crippen LogP contribution in [-0.2, 0) is 5.54 Å². The van der Waals surface area contributed by atoms with E-state index < -0.39 is 0 Å². The fraction of sp³-hybridized carbons (Fsp3) is 0.381. The number of nitrogens with zero attached hydrogens (tertiary/aromatic N) is 1. The molecule has 3 nitrogen and oxygen atoms in total. The highest BCUT2D eigenvalue weighted by molar-refractivity contribution is 7.99. The van der Waals surface area contributed by atoms with Crippen LogP contribution in [0.5, 0.6) is 0 Å². The molecule has 2 heterocycles. The summed E-state index contributed by atoms with van der Waals surface area (Å²) in [7, 11) is 0. The highest BCUT2D eigenvalue weighted by Gasteiger charge is 2.48. The number of thioether (sulfide) groups is 1. The van der Waals surface area contributed by atoms with Gasteiger partial charge in [-0.05, 0) is 67.0 Å². The van der Waals surface area contributed by atoms with E-state index in [1.165, 1.54) is 22.8 Å². The number of halogens is 1. The lowest BCUT2D eigenvalue weighted by Gasteiger charge is -2.44. The summed E-state index contributed by atoms with van der Waals surface area (Å²) >= 11 is 8.29. The summed E-state index contributed by atoms with van der Waals surface area (Å²) in [6, 6.07) is 16.7. The maximum absolute atomic E-state index is 6.25. The molecule has 2 aliphatic heterocycles. The minimum atomic E-state index is -0.112. The average molecular weight is 384 g/mol. The minimum Gasteiger partial charge on any atom is -0.371 e. The van der Waals surface area contributed by atoms with Crippen LogP contribution in [0.2, 0.25) is 5.02 Å². The highest BCUT2D eigenvalue weighted by atomic mass is 35.5. The molecule has 0 radical (unpaired) electrons. The maximum Gasteiger partial charge on any atom is 0.128 e. The van der Waals surface area contributed by atoms with Crippen LogP contribution >= 0.6 is 23.4 Å². The zero-order valence-corrected chi connectivity index (χ0v) is 16.2. The van der Waals surface area contributed by atoms with E-state index >= 15 is 0 Å². The van der Waals surface area contributed by atoms with E-state index in [0.29, 0.717) is 0 Å². The Morgan fingerprint density at radius 1 is 0.923 bits per heavy atom. The van der Waals surface area contributed by atoms with Gasteiger partial charge in [-0.3, -0.25) is 4.99 Å². The Balaban J connectivity index is 1.58. The van der Waals surface area contributed by atoms with Gasteiger partial charge in [-0.2, -0.15) is 11.8 Å². The van der Waals surface area contributed by atoms with Gasteiger partial charge < -0.3 is 10.6 Å². The van der Waals surface area contributed by atoms with Crippen LogP contribution in [0.25, 0.3) is 0 Å². The lowest BCUT2D eigenvalue weighted by molar-refractivity contribution is 0.553. The zero-order chi connectivity index (χ0) is 17.6. The number of rotatable bonds is 2. The summed E-state index contributed by atoms with van der Waals surface area (Å²) in [5.41, 5.74) is 3.36. The van der Waals surface area contributed by atoms with Gasteiger partial charge >= 0.3 is 0 Å². The van der Waals surface area contributed by atoms with Crippen molar-refractivity contribution in [1.29, 1.82) is 0 Å². The summed E-state index contributed by atoms with van der Waals surface area (Å²) in [5, 5.41) is 8.32. The van der Waals surface area contributed by atoms with Gasteiger partial charge in [0.05, 0.1) is 22.5 Å². The molecule has 5 heteroatoms. The highest BCUT2D eigenvalue weighted by Crippen LogP contribution is 2.51. The Labute approximate surface area is 163 Å². The third kappa shape index (κ3) is 2.80. The summed E-state index contributed by atoms with van der Waals surface area (Å²) in [5.74, 6) is 3.44. The Kier molecular flexibility index (Phi) is 3.94. The van der Waals surface area contributed by atoms with Crippen molar-refractivity contribution in [3.05, 3.63) is 59.1 Å². The second-order valence-corrected chi connectivity index (χ2v) is 9.15. The molecule has 1 spiro atoms. The summed E-state index contributed by atoms with van der Waals surface area (Å²) < 4.78 is 0. The van der Waals surface area contributed by atoms with Crippen molar-refractivity contribution in [3.63, 3.8) is 0 Å². The van der Waals surface area contributed by atoms with Crippen LogP contribution in [0.3, 0.4) is 0 Å². The van der Waals surface area contributed by atoms with Crippen molar-refractivity contribution < 1.29 is 0 Å². The zero-order valence-electron chi connectivity index (χ0n) is 14.6. The van der Waals surface area contributed by atoms with Gasteiger partial charge in [0.2, 0.25) is 0 Å². The van der Waals surface area contributed by atoms with E-state index in [4.69, 9.17) is 16.6 Å². The molecule has 2 aromatic carbocycles. The number of benzene rings is 2. The molecule has 5 rings (SSSR count). The molecule has 134 valence electrons. The largest absolute Gasteiger partial charge is 0.371 e. The van der Waals surface area contributed by atoms with Gasteiger partial charge in [0.1, 0.15) is 5.84 Å². The molecule has 2 fully saturated rings. The molecule has 2 aromatic rings. The van der Waals surface area contributed by atoms with Gasteiger partial charge in [0.25, 0.3) is 0 Å². The number of aliphatic imine (C=N–C) groups is 1. The van der Waals surface area contributed by atoms with Gasteiger partial charge in [-0.25, -0.2) is 0 Å². The molecule has 0 unspecified atom stereocenters. The number of hydrogen-bond donors (Lipinski definition) is 2. The van der Waals surface area contributed by atoms with Gasteiger partial charge in [0.15, 0.2) is 0 Å². The van der Waals surface area contributed by atoms with Gasteiger partial charge in [-0.1, -0.05) is 35.9 Å². The maximum atomic E-state index is 6.25. The summed E-state index contributed by atoms with van der Waals surface area (Å²) in [6.07, 6.45) is 4.38. The lowest BCUT2D eigenvalue weighted by atomic mass is 9.87. The second kappa shape index (κ2) is 6.21. The van der Waals surface area contributed by atoms with Crippen molar-refractivity contribution >= 4 is 40.6 Å². The number of hydrogen-bond acceptors (Lipinski definition) is 3. The number of nitrogens with one attached hydrogen (secondary N) is 2. The Hall–Kier alpha value is -1.65. The van der Waals surface area contributed by atoms with Crippen LogP contribution in [0.15, 0.2) is 53.5 Å². The Morgan fingerprint density at radius 2 is 1.69 bits per heavy atom. The van der Waals surface area contributed by atoms with Crippen LogP contribution < -0.4 is 10.6 Å². The first-order chi connectivity index (χ1) is 12.7. The van der Waals surface area contributed by atoms with E-state index in [1.807, 2.05) is 23.9 Å². The van der Waals surface area contributed by atoms with Gasteiger partial charge in [0, 0.05) is 5.02 Å². The van der Waals surface area contributed by atoms with E-state index in [9.17, 15) is 0 Å². The van der Waals surface area contributed by atoms with Crippen LogP contribution in [-0.4, -0.2) is 22.9 Å². The van der Waals surface area contributed by atoms with Crippen molar-refractivity contribution in [3.8, 4) is 0 Å². The quantitative estimate of drug-likeness (QED) is 0.715. The topological polar surface area (TPSA) is 36.4 Å². The molecule has 0 bridgehead atoms. The van der Waals surface area contributed by atoms with Crippen LogP contribution in [0.1, 0.15) is 31.2 Å². The molecular formula is C21H22ClN3S. The molecule has 1 saturated heterocycles. The molecule has 0 atom stereocenters. The predicted molar refractivity (Wildman–Crippen MR) is 113 cm³/mol. The monoisotopic (exact) mass is 383 g/mol. The standard InChI is InChI=1S/C21H22ClN3S/c22-16-5-3-4-15(14-16)20(8-9-20)25-19-21(10-12-26-13-11-21)24-18-7-2-1-6-17(18)23-19/h1-7,14,24H,8-13H2,(H,23,25). The predicted octanol–water partition coefficient (Wildman–Crippen LogP) is 5.53. The molecule has 3 aliphatic rings. The SMILES string of the molecule is Clc1cccc(C2(N=C3Nc4ccccc4NC34CCSCC4)CC2)c1. The van der Waals surface area contributed by atoms with E-state index in [-0.39, 0.29) is 11.1 Å². The summed E-state index contributed by atoms with van der Waals surface area (Å²) in [4.78, 5) is 5.34. The molecule has 1 aliphatic carbocycles. The van der Waals surface area contributed by atoms with E-state index in [2.05, 4.69) is 47.0 Å². The van der Waals surface area contributed by atoms with Gasteiger partial charge in [-0.15, -0.1) is 0 Å². The molecular weight excluding hydrogens is 362 g/mol. The van der Waals surface area contributed by atoms with Crippen molar-refractivity contribution in [2.75, 3.05) is 22.1 Å². The van der Waals surface area contributed by atoms with Crippen molar-refractivity contribution in [2.24, 2.45) is 4.99 Å². The fourth-order valence-electron chi connectivity index (χ4n) is 4.06. The van der Waals surface area contributed by atoms with Crippen LogP contribution in [0.4, 0.5) is 11.4 Å². The molecule has 26 heavy (non-hydrogen) atoms. The number of amidine groups is 1. The Bertz CT molecular complexity index is 869. The number of fused-ring (bicyclic) bond motifs is 1. The minimum absolute atomic E-state index is 0.0756. The third-order valence-electron chi connectivity index (χ3n) is 5.77. The summed E-state index contributed by atoms with van der Waals surface area (Å²) in [6.45, 7) is 0. The number of para-hydroxylation sites is 2.